The highest BCUT2D eigenvalue weighted by Gasteiger charge is 2.21. The third kappa shape index (κ3) is 5.35. The van der Waals surface area contributed by atoms with E-state index in [2.05, 4.69) is 15.4 Å². The lowest BCUT2D eigenvalue weighted by atomic mass is 10.1. The number of benzene rings is 2. The number of hydrogen-bond acceptors (Lipinski definition) is 6. The van der Waals surface area contributed by atoms with Crippen molar-refractivity contribution >= 4 is 39.9 Å². The second kappa shape index (κ2) is 9.63. The molecule has 1 N–H and O–H groups in total. The van der Waals surface area contributed by atoms with Gasteiger partial charge in [-0.3, -0.25) is 14.9 Å². The Morgan fingerprint density at radius 2 is 1.89 bits per heavy atom. The molecular weight excluding hydrogens is 484 g/mol. The maximum absolute atomic E-state index is 13.5. The average molecular weight is 502 g/mol. The smallest absolute Gasteiger partial charge is 0.275 e. The van der Waals surface area contributed by atoms with Crippen LogP contribution in [0.4, 0.5) is 20.2 Å². The van der Waals surface area contributed by atoms with Gasteiger partial charge in [0, 0.05) is 28.4 Å². The first-order valence-corrected chi connectivity index (χ1v) is 10.6. The molecule has 0 bridgehead atoms. The summed E-state index contributed by atoms with van der Waals surface area (Å²) in [5, 5.41) is 18.8. The number of hydrogen-bond donors (Lipinski definition) is 1. The predicted molar refractivity (Wildman–Crippen MR) is 125 cm³/mol. The number of amides is 1. The van der Waals surface area contributed by atoms with Crippen molar-refractivity contribution in [2.24, 2.45) is 0 Å². The number of carbonyl (C=O) groups is 1. The van der Waals surface area contributed by atoms with Crippen molar-refractivity contribution in [3.8, 4) is 11.5 Å². The number of nitrogens with one attached hydrogen (secondary N) is 1. The molecule has 2 heterocycles. The number of fused-ring (bicyclic) bond motifs is 1. The van der Waals surface area contributed by atoms with Gasteiger partial charge in [-0.1, -0.05) is 11.6 Å². The molecule has 0 saturated heterocycles. The Kier molecular flexibility index (Phi) is 6.61. The third-order valence-corrected chi connectivity index (χ3v) is 5.25. The van der Waals surface area contributed by atoms with Crippen LogP contribution >= 0.6 is 11.6 Å². The van der Waals surface area contributed by atoms with Gasteiger partial charge in [-0.15, -0.1) is 0 Å². The maximum atomic E-state index is 13.5. The Labute approximate surface area is 202 Å². The number of aryl methyl sites for hydroxylation is 2. The molecule has 0 atom stereocenters. The fourth-order valence-corrected chi connectivity index (χ4v) is 3.72. The lowest BCUT2D eigenvalue weighted by Crippen LogP contribution is -2.20. The molecule has 0 saturated carbocycles. The van der Waals surface area contributed by atoms with E-state index >= 15 is 0 Å². The number of carbonyl (C=O) groups excluding carboxylic acids is 1. The van der Waals surface area contributed by atoms with Crippen molar-refractivity contribution in [1.82, 2.24) is 14.8 Å². The Bertz CT molecular complexity index is 1440. The summed E-state index contributed by atoms with van der Waals surface area (Å²) in [7, 11) is 0. The van der Waals surface area contributed by atoms with Gasteiger partial charge < -0.3 is 10.1 Å². The molecule has 0 aliphatic carbocycles. The SMILES string of the molecule is Cc1cc(C(F)F)c2c(C)nn(CC(=O)Nc3cc(Oc4ccc(Cl)cc4)cc([N+](=O)[O-])c3)c2n1. The van der Waals surface area contributed by atoms with Crippen LogP contribution in [0.15, 0.2) is 48.5 Å². The van der Waals surface area contributed by atoms with E-state index in [0.717, 1.165) is 0 Å². The zero-order chi connectivity index (χ0) is 25.3. The highest BCUT2D eigenvalue weighted by molar-refractivity contribution is 6.30. The van der Waals surface area contributed by atoms with Gasteiger partial charge in [0.1, 0.15) is 18.0 Å². The van der Waals surface area contributed by atoms with E-state index in [4.69, 9.17) is 16.3 Å². The minimum Gasteiger partial charge on any atom is -0.457 e. The molecule has 2 aromatic carbocycles. The van der Waals surface area contributed by atoms with Crippen molar-refractivity contribution in [3.05, 3.63) is 80.6 Å². The molecule has 9 nitrogen and oxygen atoms in total. The van der Waals surface area contributed by atoms with Crippen molar-refractivity contribution in [1.29, 1.82) is 0 Å². The number of nitrogens with zero attached hydrogens (tertiary/aromatic N) is 4. The Morgan fingerprint density at radius 3 is 2.54 bits per heavy atom. The number of nitro groups is 1. The van der Waals surface area contributed by atoms with Gasteiger partial charge in [0.2, 0.25) is 5.91 Å². The number of rotatable bonds is 7. The quantitative estimate of drug-likeness (QED) is 0.246. The van der Waals surface area contributed by atoms with Gasteiger partial charge >= 0.3 is 0 Å². The standard InChI is InChI=1S/C23H18ClF2N5O4/c1-12-7-19(22(25)26)21-13(2)29-30(23(21)27-12)11-20(32)28-15-8-16(31(33)34)10-18(9-15)35-17-5-3-14(24)4-6-17/h3-10,22H,11H2,1-2H3,(H,28,32). The summed E-state index contributed by atoms with van der Waals surface area (Å²) in [5.74, 6) is -0.0766. The zero-order valence-electron chi connectivity index (χ0n) is 18.5. The van der Waals surface area contributed by atoms with E-state index < -0.39 is 17.3 Å². The first-order valence-electron chi connectivity index (χ1n) is 10.3. The number of aromatic nitrogens is 3. The van der Waals surface area contributed by atoms with Crippen LogP contribution in [-0.2, 0) is 11.3 Å². The molecule has 0 aliphatic rings. The van der Waals surface area contributed by atoms with Crippen LogP contribution in [-0.4, -0.2) is 25.6 Å². The molecule has 0 radical (unpaired) electrons. The van der Waals surface area contributed by atoms with Gasteiger partial charge in [-0.2, -0.15) is 5.10 Å². The Morgan fingerprint density at radius 1 is 1.17 bits per heavy atom. The van der Waals surface area contributed by atoms with E-state index in [1.807, 2.05) is 0 Å². The molecule has 0 aliphatic heterocycles. The lowest BCUT2D eigenvalue weighted by molar-refractivity contribution is -0.384. The molecule has 35 heavy (non-hydrogen) atoms. The summed E-state index contributed by atoms with van der Waals surface area (Å²) in [4.78, 5) is 27.8. The first-order chi connectivity index (χ1) is 16.6. The molecule has 12 heteroatoms. The molecule has 0 spiro atoms. The van der Waals surface area contributed by atoms with Gasteiger partial charge in [-0.25, -0.2) is 18.4 Å². The maximum Gasteiger partial charge on any atom is 0.275 e. The van der Waals surface area contributed by atoms with Crippen LogP contribution in [0.3, 0.4) is 0 Å². The summed E-state index contributed by atoms with van der Waals surface area (Å²) in [5.41, 5.74) is 0.421. The largest absolute Gasteiger partial charge is 0.457 e. The van der Waals surface area contributed by atoms with E-state index in [1.54, 1.807) is 38.1 Å². The van der Waals surface area contributed by atoms with Crippen molar-refractivity contribution in [3.63, 3.8) is 0 Å². The third-order valence-electron chi connectivity index (χ3n) is 5.00. The molecule has 0 unspecified atom stereocenters. The van der Waals surface area contributed by atoms with Gasteiger partial charge in [0.25, 0.3) is 12.1 Å². The molecule has 1 amide bonds. The average Bonchev–Trinajstić information content (AvgIpc) is 3.09. The highest BCUT2D eigenvalue weighted by atomic mass is 35.5. The van der Waals surface area contributed by atoms with Crippen LogP contribution in [0.5, 0.6) is 11.5 Å². The van der Waals surface area contributed by atoms with Gasteiger partial charge in [0.05, 0.1) is 27.8 Å². The number of halogens is 3. The van der Waals surface area contributed by atoms with E-state index in [1.165, 1.54) is 28.9 Å². The summed E-state index contributed by atoms with van der Waals surface area (Å²) >= 11 is 5.86. The summed E-state index contributed by atoms with van der Waals surface area (Å²) in [6.45, 7) is 2.78. The van der Waals surface area contributed by atoms with E-state index in [9.17, 15) is 23.7 Å². The second-order valence-corrected chi connectivity index (χ2v) is 8.11. The van der Waals surface area contributed by atoms with E-state index in [-0.39, 0.29) is 40.3 Å². The van der Waals surface area contributed by atoms with Crippen molar-refractivity contribution < 1.29 is 23.2 Å². The molecular formula is C23H18ClF2N5O4. The van der Waals surface area contributed by atoms with Gasteiger partial charge in [0.15, 0.2) is 5.65 Å². The zero-order valence-corrected chi connectivity index (χ0v) is 19.2. The molecule has 0 fully saturated rings. The predicted octanol–water partition coefficient (Wildman–Crippen LogP) is 5.98. The first kappa shape index (κ1) is 24.0. The summed E-state index contributed by atoms with van der Waals surface area (Å²) in [6.07, 6.45) is -2.73. The van der Waals surface area contributed by atoms with Crippen LogP contribution in [0.2, 0.25) is 5.02 Å². The second-order valence-electron chi connectivity index (χ2n) is 7.67. The molecule has 4 aromatic rings. The minimum absolute atomic E-state index is 0.110. The van der Waals surface area contributed by atoms with Gasteiger partial charge in [-0.05, 0) is 44.2 Å². The lowest BCUT2D eigenvalue weighted by Gasteiger charge is -2.10. The summed E-state index contributed by atoms with van der Waals surface area (Å²) < 4.78 is 33.9. The van der Waals surface area contributed by atoms with E-state index in [0.29, 0.717) is 22.2 Å². The molecule has 4 rings (SSSR count). The molecule has 180 valence electrons. The number of nitro benzene ring substituents is 1. The number of pyridine rings is 1. The normalized spacial score (nSPS) is 11.1. The topological polar surface area (TPSA) is 112 Å². The molecule has 2 aromatic heterocycles. The van der Waals surface area contributed by atoms with Crippen molar-refractivity contribution in [2.45, 2.75) is 26.8 Å². The van der Waals surface area contributed by atoms with Crippen LogP contribution in [0, 0.1) is 24.0 Å². The Balaban J connectivity index is 1.60. The monoisotopic (exact) mass is 501 g/mol. The van der Waals surface area contributed by atoms with Crippen LogP contribution < -0.4 is 10.1 Å². The van der Waals surface area contributed by atoms with Crippen LogP contribution in [0.1, 0.15) is 23.4 Å². The minimum atomic E-state index is -2.73. The number of non-ortho nitro benzene ring substituents is 1. The fourth-order valence-electron chi connectivity index (χ4n) is 3.59. The Hall–Kier alpha value is -4.12. The number of ether oxygens (including phenoxy) is 1. The number of anilines is 1. The fraction of sp³-hybridized carbons (Fsp3) is 0.174. The van der Waals surface area contributed by atoms with Crippen molar-refractivity contribution in [2.75, 3.05) is 5.32 Å². The highest BCUT2D eigenvalue weighted by Crippen LogP contribution is 2.31. The summed E-state index contributed by atoms with van der Waals surface area (Å²) in [6, 6.07) is 11.5. The number of alkyl halides is 2. The van der Waals surface area contributed by atoms with Crippen LogP contribution in [0.25, 0.3) is 11.0 Å².